The van der Waals surface area contributed by atoms with Crippen LogP contribution in [0, 0.1) is 17.8 Å². The maximum absolute atomic E-state index is 11.0. The molecule has 2 heterocycles. The molecule has 1 unspecified atom stereocenters. The van der Waals surface area contributed by atoms with Gasteiger partial charge in [0.1, 0.15) is 0 Å². The maximum Gasteiger partial charge on any atom is 0.335 e. The molecule has 1 saturated carbocycles. The predicted molar refractivity (Wildman–Crippen MR) is 108 cm³/mol. The number of aliphatic hydroxyl groups excluding tert-OH is 1. The van der Waals surface area contributed by atoms with Crippen molar-refractivity contribution in [1.82, 2.24) is 0 Å². The van der Waals surface area contributed by atoms with Gasteiger partial charge in [0.05, 0.1) is 23.9 Å². The first-order valence-electron chi connectivity index (χ1n) is 11.0. The largest absolute Gasteiger partial charge is 0.478 e. The molecule has 2 saturated heterocycles. The van der Waals surface area contributed by atoms with Gasteiger partial charge >= 0.3 is 5.97 Å². The van der Waals surface area contributed by atoms with Gasteiger partial charge in [-0.3, -0.25) is 0 Å². The summed E-state index contributed by atoms with van der Waals surface area (Å²) in [5.74, 6) is 0.438. The molecule has 4 nitrogen and oxygen atoms in total. The zero-order chi connectivity index (χ0) is 19.5. The van der Waals surface area contributed by atoms with Crippen molar-refractivity contribution in [2.45, 2.75) is 76.1 Å². The third-order valence-electron chi connectivity index (χ3n) is 7.12. The molecule has 2 aliphatic heterocycles. The first-order valence-corrected chi connectivity index (χ1v) is 11.0. The van der Waals surface area contributed by atoms with Crippen molar-refractivity contribution in [3.05, 3.63) is 47.5 Å². The third-order valence-corrected chi connectivity index (χ3v) is 7.12. The number of ether oxygens (including phenoxy) is 1. The van der Waals surface area contributed by atoms with Crippen LogP contribution in [-0.4, -0.2) is 34.5 Å². The Morgan fingerprint density at radius 3 is 2.50 bits per heavy atom. The second kappa shape index (κ2) is 8.79. The monoisotopic (exact) mass is 384 g/mol. The lowest BCUT2D eigenvalue weighted by Crippen LogP contribution is -2.27. The summed E-state index contributed by atoms with van der Waals surface area (Å²) in [5.41, 5.74) is 1.52. The minimum Gasteiger partial charge on any atom is -0.478 e. The number of carboxylic acid groups (broad SMARTS) is 1. The number of benzene rings is 1. The van der Waals surface area contributed by atoms with Gasteiger partial charge in [-0.1, -0.05) is 43.5 Å². The number of carboxylic acids is 1. The molecular weight excluding hydrogens is 352 g/mol. The highest BCUT2D eigenvalue weighted by Crippen LogP contribution is 2.46. The first-order chi connectivity index (χ1) is 13.6. The average Bonchev–Trinajstić information content (AvgIpc) is 3.33. The normalized spacial score (nSPS) is 31.5. The second-order valence-corrected chi connectivity index (χ2v) is 8.85. The fourth-order valence-corrected chi connectivity index (χ4v) is 5.48. The first kappa shape index (κ1) is 19.7. The van der Waals surface area contributed by atoms with E-state index in [1.54, 1.807) is 12.1 Å². The van der Waals surface area contributed by atoms with E-state index in [4.69, 9.17) is 9.84 Å². The van der Waals surface area contributed by atoms with E-state index in [1.165, 1.54) is 24.8 Å². The minimum atomic E-state index is -0.880. The molecule has 2 N–H and O–H groups in total. The van der Waals surface area contributed by atoms with Crippen LogP contribution in [0.25, 0.3) is 0 Å². The van der Waals surface area contributed by atoms with Gasteiger partial charge in [0.25, 0.3) is 0 Å². The number of hydrogen-bond acceptors (Lipinski definition) is 3. The Hall–Kier alpha value is -1.65. The van der Waals surface area contributed by atoms with Crippen molar-refractivity contribution in [2.75, 3.05) is 0 Å². The SMILES string of the molecule is O=C(O)c1ccc(CC[C@H]2[C@H](C=CC(O)C3CCCCC3)[C@@H]3CC[C@H]2O3)cc1. The number of aryl methyl sites for hydroxylation is 1. The van der Waals surface area contributed by atoms with Crippen LogP contribution >= 0.6 is 0 Å². The Bertz CT molecular complexity index is 689. The van der Waals surface area contributed by atoms with Gasteiger partial charge < -0.3 is 14.9 Å². The van der Waals surface area contributed by atoms with Crippen LogP contribution < -0.4 is 0 Å². The molecule has 5 atom stereocenters. The molecule has 0 aromatic heterocycles. The topological polar surface area (TPSA) is 66.8 Å². The van der Waals surface area contributed by atoms with Crippen LogP contribution in [0.4, 0.5) is 0 Å². The lowest BCUT2D eigenvalue weighted by molar-refractivity contribution is 0.0696. The van der Waals surface area contributed by atoms with E-state index in [9.17, 15) is 9.90 Å². The zero-order valence-corrected chi connectivity index (χ0v) is 16.5. The Morgan fingerprint density at radius 1 is 1.07 bits per heavy atom. The van der Waals surface area contributed by atoms with Gasteiger partial charge in [0, 0.05) is 5.92 Å². The molecule has 2 bridgehead atoms. The number of hydrogen-bond donors (Lipinski definition) is 2. The standard InChI is InChI=1S/C24H32O4/c25-21(17-4-2-1-3-5-17)13-12-20-19(22-14-15-23(20)28-22)11-8-16-6-9-18(10-7-16)24(26)27/h6-7,9-10,12-13,17,19-23,25H,1-5,8,11,14-15H2,(H,26,27)/t19-,20-,21?,22+,23-/m0/s1. The van der Waals surface area contributed by atoms with Crippen molar-refractivity contribution in [1.29, 1.82) is 0 Å². The van der Waals surface area contributed by atoms with Gasteiger partial charge in [0.2, 0.25) is 0 Å². The molecule has 0 radical (unpaired) electrons. The summed E-state index contributed by atoms with van der Waals surface area (Å²) in [7, 11) is 0. The summed E-state index contributed by atoms with van der Waals surface area (Å²) < 4.78 is 6.20. The molecule has 1 aliphatic carbocycles. The van der Waals surface area contributed by atoms with E-state index in [0.29, 0.717) is 35.5 Å². The van der Waals surface area contributed by atoms with Crippen molar-refractivity contribution < 1.29 is 19.7 Å². The maximum atomic E-state index is 11.0. The molecular formula is C24H32O4. The van der Waals surface area contributed by atoms with E-state index in [-0.39, 0.29) is 6.10 Å². The van der Waals surface area contributed by atoms with Crippen LogP contribution in [0.5, 0.6) is 0 Å². The number of rotatable bonds is 7. The fourth-order valence-electron chi connectivity index (χ4n) is 5.48. The number of aliphatic hydroxyl groups is 1. The minimum absolute atomic E-state index is 0.305. The van der Waals surface area contributed by atoms with Crippen LogP contribution in [0.15, 0.2) is 36.4 Å². The molecule has 4 heteroatoms. The van der Waals surface area contributed by atoms with Crippen LogP contribution in [0.2, 0.25) is 0 Å². The fraction of sp³-hybridized carbons (Fsp3) is 0.625. The Balaban J connectivity index is 1.36. The smallest absolute Gasteiger partial charge is 0.335 e. The lowest BCUT2D eigenvalue weighted by Gasteiger charge is -2.27. The Labute approximate surface area is 167 Å². The van der Waals surface area contributed by atoms with Crippen molar-refractivity contribution in [2.24, 2.45) is 17.8 Å². The number of aromatic carboxylic acids is 1. The second-order valence-electron chi connectivity index (χ2n) is 8.85. The van der Waals surface area contributed by atoms with Crippen molar-refractivity contribution >= 4 is 5.97 Å². The van der Waals surface area contributed by atoms with Crippen LogP contribution in [0.3, 0.4) is 0 Å². The Morgan fingerprint density at radius 2 is 1.79 bits per heavy atom. The van der Waals surface area contributed by atoms with Gasteiger partial charge in [-0.2, -0.15) is 0 Å². The quantitative estimate of drug-likeness (QED) is 0.674. The predicted octanol–water partition coefficient (Wildman–Crippen LogP) is 4.61. The third kappa shape index (κ3) is 4.33. The highest BCUT2D eigenvalue weighted by Gasteiger charge is 2.47. The average molecular weight is 385 g/mol. The van der Waals surface area contributed by atoms with E-state index < -0.39 is 5.97 Å². The highest BCUT2D eigenvalue weighted by molar-refractivity contribution is 5.87. The van der Waals surface area contributed by atoms with Gasteiger partial charge in [-0.15, -0.1) is 0 Å². The van der Waals surface area contributed by atoms with Crippen LogP contribution in [-0.2, 0) is 11.2 Å². The van der Waals surface area contributed by atoms with E-state index in [0.717, 1.165) is 38.5 Å². The highest BCUT2D eigenvalue weighted by atomic mass is 16.5. The molecule has 3 aliphatic rings. The lowest BCUT2D eigenvalue weighted by atomic mass is 9.75. The van der Waals surface area contributed by atoms with E-state index in [1.807, 2.05) is 12.1 Å². The summed E-state index contributed by atoms with van der Waals surface area (Å²) in [4.78, 5) is 11.0. The van der Waals surface area contributed by atoms with E-state index >= 15 is 0 Å². The molecule has 3 fully saturated rings. The molecule has 0 amide bonds. The molecule has 1 aromatic rings. The zero-order valence-electron chi connectivity index (χ0n) is 16.5. The summed E-state index contributed by atoms with van der Waals surface area (Å²) in [5, 5.41) is 19.6. The van der Waals surface area contributed by atoms with Gasteiger partial charge in [-0.05, 0) is 68.1 Å². The molecule has 0 spiro atoms. The van der Waals surface area contributed by atoms with Crippen LogP contribution in [0.1, 0.15) is 67.3 Å². The van der Waals surface area contributed by atoms with Crippen molar-refractivity contribution in [3.8, 4) is 0 Å². The summed E-state index contributed by atoms with van der Waals surface area (Å²) in [6.45, 7) is 0. The Kier molecular flexibility index (Phi) is 6.17. The summed E-state index contributed by atoms with van der Waals surface area (Å²) >= 11 is 0. The summed E-state index contributed by atoms with van der Waals surface area (Å²) in [6.07, 6.45) is 15.0. The number of carbonyl (C=O) groups is 1. The van der Waals surface area contributed by atoms with E-state index in [2.05, 4.69) is 12.2 Å². The number of fused-ring (bicyclic) bond motifs is 2. The molecule has 1 aromatic carbocycles. The molecule has 28 heavy (non-hydrogen) atoms. The van der Waals surface area contributed by atoms with Crippen molar-refractivity contribution in [3.63, 3.8) is 0 Å². The molecule has 152 valence electrons. The van der Waals surface area contributed by atoms with Gasteiger partial charge in [-0.25, -0.2) is 4.79 Å². The molecule has 4 rings (SSSR count). The summed E-state index contributed by atoms with van der Waals surface area (Å²) in [6, 6.07) is 7.23. The van der Waals surface area contributed by atoms with Gasteiger partial charge in [0.15, 0.2) is 0 Å².